The fraction of sp³-hybridized carbons (Fsp3) is 0.250. The maximum atomic E-state index is 11.3. The van der Waals surface area contributed by atoms with Gasteiger partial charge in [-0.3, -0.25) is 4.79 Å². The lowest BCUT2D eigenvalue weighted by Gasteiger charge is -2.08. The molecule has 136 valence electrons. The van der Waals surface area contributed by atoms with Crippen molar-refractivity contribution in [1.82, 2.24) is 0 Å². The summed E-state index contributed by atoms with van der Waals surface area (Å²) in [7, 11) is 4.50. The van der Waals surface area contributed by atoms with Crippen LogP contribution >= 0.6 is 0 Å². The van der Waals surface area contributed by atoms with Crippen molar-refractivity contribution in [3.05, 3.63) is 42.0 Å². The molecular formula is C20H20O6. The maximum Gasteiger partial charge on any atom is 0.305 e. The van der Waals surface area contributed by atoms with Crippen molar-refractivity contribution in [3.63, 3.8) is 0 Å². The largest absolute Gasteiger partial charge is 0.504 e. The minimum Gasteiger partial charge on any atom is -0.504 e. The second kappa shape index (κ2) is 7.39. The Morgan fingerprint density at radius 2 is 1.81 bits per heavy atom. The van der Waals surface area contributed by atoms with E-state index in [1.807, 2.05) is 24.3 Å². The van der Waals surface area contributed by atoms with E-state index in [9.17, 15) is 9.90 Å². The maximum absolute atomic E-state index is 11.3. The zero-order valence-corrected chi connectivity index (χ0v) is 14.9. The van der Waals surface area contributed by atoms with Gasteiger partial charge in [-0.25, -0.2) is 0 Å². The predicted octanol–water partition coefficient (Wildman–Crippen LogP) is 3.93. The van der Waals surface area contributed by atoms with Crippen LogP contribution in [0.15, 0.2) is 40.8 Å². The molecule has 6 heteroatoms. The van der Waals surface area contributed by atoms with Gasteiger partial charge in [0, 0.05) is 17.4 Å². The number of carbonyl (C=O) groups is 1. The normalized spacial score (nSPS) is 10.7. The first-order valence-electron chi connectivity index (χ1n) is 8.10. The van der Waals surface area contributed by atoms with Crippen LogP contribution in [0.1, 0.15) is 12.0 Å². The highest BCUT2D eigenvalue weighted by Crippen LogP contribution is 2.37. The number of phenolic OH excluding ortho intramolecular Hbond substituents is 1. The Balaban J connectivity index is 1.96. The number of ether oxygens (including phenoxy) is 3. The number of methoxy groups -OCH3 is 3. The van der Waals surface area contributed by atoms with Crippen molar-refractivity contribution < 1.29 is 28.5 Å². The number of esters is 1. The molecule has 26 heavy (non-hydrogen) atoms. The summed E-state index contributed by atoms with van der Waals surface area (Å²) in [6.07, 6.45) is 0.731. The van der Waals surface area contributed by atoms with Gasteiger partial charge in [0.15, 0.2) is 22.8 Å². The lowest BCUT2D eigenvalue weighted by Crippen LogP contribution is -2.01. The molecule has 0 saturated carbocycles. The van der Waals surface area contributed by atoms with Gasteiger partial charge >= 0.3 is 5.97 Å². The molecule has 0 aliphatic carbocycles. The third-order valence-electron chi connectivity index (χ3n) is 4.17. The molecule has 0 unspecified atom stereocenters. The number of aryl methyl sites for hydroxylation is 1. The highest BCUT2D eigenvalue weighted by molar-refractivity contribution is 5.88. The van der Waals surface area contributed by atoms with Crippen LogP contribution in [0.2, 0.25) is 0 Å². The molecule has 1 N–H and O–H groups in total. The van der Waals surface area contributed by atoms with Gasteiger partial charge in [-0.05, 0) is 48.4 Å². The number of furan rings is 1. The number of hydrogen-bond acceptors (Lipinski definition) is 6. The van der Waals surface area contributed by atoms with Crippen LogP contribution in [-0.2, 0) is 16.0 Å². The molecule has 2 aromatic carbocycles. The number of aromatic hydroxyl groups is 1. The number of carbonyl (C=O) groups excluding carboxylic acids is 1. The summed E-state index contributed by atoms with van der Waals surface area (Å²) in [6, 6.07) is 10.8. The lowest BCUT2D eigenvalue weighted by atomic mass is 10.1. The zero-order chi connectivity index (χ0) is 18.7. The average molecular weight is 356 g/mol. The Bertz CT molecular complexity index is 941. The van der Waals surface area contributed by atoms with Crippen LogP contribution in [0, 0.1) is 0 Å². The molecule has 3 aromatic rings. The Hall–Kier alpha value is -3.15. The van der Waals surface area contributed by atoms with E-state index in [1.165, 1.54) is 7.11 Å². The van der Waals surface area contributed by atoms with E-state index in [4.69, 9.17) is 13.9 Å². The van der Waals surface area contributed by atoms with Gasteiger partial charge < -0.3 is 23.7 Å². The summed E-state index contributed by atoms with van der Waals surface area (Å²) in [4.78, 5) is 11.3. The van der Waals surface area contributed by atoms with E-state index in [1.54, 1.807) is 26.4 Å². The molecule has 0 bridgehead atoms. The minimum atomic E-state index is -0.289. The summed E-state index contributed by atoms with van der Waals surface area (Å²) >= 11 is 0. The van der Waals surface area contributed by atoms with E-state index in [-0.39, 0.29) is 18.1 Å². The van der Waals surface area contributed by atoms with Crippen molar-refractivity contribution in [2.75, 3.05) is 21.3 Å². The van der Waals surface area contributed by atoms with Crippen molar-refractivity contribution in [2.24, 2.45) is 0 Å². The summed E-state index contributed by atoms with van der Waals surface area (Å²) in [5.74, 6) is 1.56. The predicted molar refractivity (Wildman–Crippen MR) is 96.8 cm³/mol. The number of rotatable bonds is 6. The molecule has 0 spiro atoms. The first-order chi connectivity index (χ1) is 12.5. The molecule has 0 aliphatic heterocycles. The van der Waals surface area contributed by atoms with Crippen LogP contribution in [-0.4, -0.2) is 32.4 Å². The van der Waals surface area contributed by atoms with E-state index >= 15 is 0 Å². The number of fused-ring (bicyclic) bond motifs is 1. The van der Waals surface area contributed by atoms with Gasteiger partial charge in [0.25, 0.3) is 0 Å². The first kappa shape index (κ1) is 17.7. The van der Waals surface area contributed by atoms with Crippen molar-refractivity contribution in [3.8, 4) is 28.6 Å². The third kappa shape index (κ3) is 3.44. The average Bonchev–Trinajstić information content (AvgIpc) is 3.10. The number of hydrogen-bond donors (Lipinski definition) is 1. The van der Waals surface area contributed by atoms with E-state index in [2.05, 4.69) is 4.74 Å². The van der Waals surface area contributed by atoms with Crippen LogP contribution < -0.4 is 9.47 Å². The van der Waals surface area contributed by atoms with E-state index in [0.29, 0.717) is 29.3 Å². The molecule has 1 heterocycles. The molecule has 0 fully saturated rings. The topological polar surface area (TPSA) is 78.1 Å². The minimum absolute atomic E-state index is 0.0362. The quantitative estimate of drug-likeness (QED) is 0.674. The monoisotopic (exact) mass is 356 g/mol. The highest BCUT2D eigenvalue weighted by atomic mass is 16.5. The second-order valence-electron chi connectivity index (χ2n) is 5.79. The molecule has 0 saturated heterocycles. The standard InChI is InChI=1S/C20H20O6/c1-23-16-6-5-13(10-18(16)24-2)17-11-14-8-12(4-7-19(22)25-3)9-15(21)20(14)26-17/h5-6,8-11,21H,4,7H2,1-3H3. The Morgan fingerprint density at radius 3 is 2.50 bits per heavy atom. The molecule has 1 aromatic heterocycles. The molecular weight excluding hydrogens is 336 g/mol. The van der Waals surface area contributed by atoms with Crippen molar-refractivity contribution in [2.45, 2.75) is 12.8 Å². The summed E-state index contributed by atoms with van der Waals surface area (Å²) < 4.78 is 21.0. The van der Waals surface area contributed by atoms with Crippen molar-refractivity contribution in [1.29, 1.82) is 0 Å². The lowest BCUT2D eigenvalue weighted by molar-refractivity contribution is -0.140. The smallest absolute Gasteiger partial charge is 0.305 e. The van der Waals surface area contributed by atoms with Gasteiger partial charge in [-0.2, -0.15) is 0 Å². The number of phenols is 1. The molecule has 6 nitrogen and oxygen atoms in total. The second-order valence-corrected chi connectivity index (χ2v) is 5.79. The van der Waals surface area contributed by atoms with Gasteiger partial charge in [-0.1, -0.05) is 0 Å². The summed E-state index contributed by atoms with van der Waals surface area (Å²) in [5, 5.41) is 11.0. The molecule has 3 rings (SSSR count). The van der Waals surface area contributed by atoms with Gasteiger partial charge in [0.05, 0.1) is 21.3 Å². The Labute approximate surface area is 150 Å². The van der Waals surface area contributed by atoms with Crippen LogP contribution in [0.3, 0.4) is 0 Å². The Kier molecular flexibility index (Phi) is 5.02. The Morgan fingerprint density at radius 1 is 1.04 bits per heavy atom. The van der Waals surface area contributed by atoms with Crippen LogP contribution in [0.5, 0.6) is 17.2 Å². The first-order valence-corrected chi connectivity index (χ1v) is 8.10. The fourth-order valence-electron chi connectivity index (χ4n) is 2.82. The van der Waals surface area contributed by atoms with E-state index in [0.717, 1.165) is 16.5 Å². The van der Waals surface area contributed by atoms with Gasteiger partial charge in [0.2, 0.25) is 0 Å². The van der Waals surface area contributed by atoms with Crippen molar-refractivity contribution >= 4 is 16.9 Å². The highest BCUT2D eigenvalue weighted by Gasteiger charge is 2.14. The molecule has 0 atom stereocenters. The van der Waals surface area contributed by atoms with Gasteiger partial charge in [-0.15, -0.1) is 0 Å². The summed E-state index contributed by atoms with van der Waals surface area (Å²) in [5.41, 5.74) is 2.03. The molecule has 0 amide bonds. The summed E-state index contributed by atoms with van der Waals surface area (Å²) in [6.45, 7) is 0. The van der Waals surface area contributed by atoms with E-state index < -0.39 is 0 Å². The SMILES string of the molecule is COC(=O)CCc1cc(O)c2oc(-c3ccc(OC)c(OC)c3)cc2c1. The molecule has 0 radical (unpaired) electrons. The third-order valence-corrected chi connectivity index (χ3v) is 4.17. The number of benzene rings is 2. The van der Waals surface area contributed by atoms with Gasteiger partial charge in [0.1, 0.15) is 5.76 Å². The zero-order valence-electron chi connectivity index (χ0n) is 14.9. The molecule has 0 aliphatic rings. The fourth-order valence-corrected chi connectivity index (χ4v) is 2.82. The van der Waals surface area contributed by atoms with Crippen LogP contribution in [0.4, 0.5) is 0 Å². The van der Waals surface area contributed by atoms with Crippen LogP contribution in [0.25, 0.3) is 22.3 Å².